The molecule has 1 atom stereocenters. The second-order valence-electron chi connectivity index (χ2n) is 5.48. The Balaban J connectivity index is 1.73. The van der Waals surface area contributed by atoms with E-state index in [0.29, 0.717) is 37.8 Å². The lowest BCUT2D eigenvalue weighted by atomic mass is 10.1. The number of benzene rings is 1. The summed E-state index contributed by atoms with van der Waals surface area (Å²) in [6, 6.07) is 5.97. The predicted octanol–water partition coefficient (Wildman–Crippen LogP) is -0.441. The second-order valence-corrected chi connectivity index (χ2v) is 7.69. The summed E-state index contributed by atoms with van der Waals surface area (Å²) in [7, 11) is -3.55. The van der Waals surface area contributed by atoms with Gasteiger partial charge in [-0.25, -0.2) is 13.1 Å². The average molecular weight is 364 g/mol. The maximum Gasteiger partial charge on any atom is 0.240 e. The largest absolute Gasteiger partial charge is 0.385 e. The van der Waals surface area contributed by atoms with Crippen LogP contribution in [0.4, 0.5) is 0 Å². The minimum absolute atomic E-state index is 0.168. The number of ether oxygens (including phenoxy) is 1. The highest BCUT2D eigenvalue weighted by Crippen LogP contribution is 2.13. The van der Waals surface area contributed by atoms with Gasteiger partial charge in [0, 0.05) is 37.7 Å². The second kappa shape index (κ2) is 8.39. The number of β-amino-alcohol motifs (C(OH)–C–C–N with tert-alkyl or cyclic N) is 1. The van der Waals surface area contributed by atoms with Gasteiger partial charge < -0.3 is 20.5 Å². The highest BCUT2D eigenvalue weighted by atomic mass is 35.5. The van der Waals surface area contributed by atoms with Crippen LogP contribution in [-0.2, 0) is 14.8 Å². The number of aliphatic hydroxyl groups is 1. The lowest BCUT2D eigenvalue weighted by molar-refractivity contribution is -0.0260. The third-order valence-corrected chi connectivity index (χ3v) is 5.15. The first-order valence-electron chi connectivity index (χ1n) is 7.38. The number of rotatable bonds is 7. The van der Waals surface area contributed by atoms with E-state index in [2.05, 4.69) is 15.4 Å². The van der Waals surface area contributed by atoms with Gasteiger partial charge in [0.25, 0.3) is 0 Å². The molecule has 1 aliphatic rings. The maximum absolute atomic E-state index is 12.1. The fourth-order valence-electron chi connectivity index (χ4n) is 2.18. The average Bonchev–Trinajstić information content (AvgIpc) is 2.72. The van der Waals surface area contributed by atoms with Gasteiger partial charge in [0.15, 0.2) is 0 Å². The van der Waals surface area contributed by atoms with Crippen molar-refractivity contribution in [2.45, 2.75) is 10.5 Å². The predicted molar refractivity (Wildman–Crippen MR) is 88.1 cm³/mol. The Labute approximate surface area is 141 Å². The van der Waals surface area contributed by atoms with Crippen LogP contribution in [-0.4, -0.2) is 65.1 Å². The van der Waals surface area contributed by atoms with Crippen molar-refractivity contribution in [3.63, 3.8) is 0 Å². The van der Waals surface area contributed by atoms with Gasteiger partial charge in [-0.1, -0.05) is 11.6 Å². The third kappa shape index (κ3) is 6.00. The molecule has 0 saturated carbocycles. The first kappa shape index (κ1) is 18.6. The summed E-state index contributed by atoms with van der Waals surface area (Å²) in [6.07, 6.45) is 0. The molecule has 23 heavy (non-hydrogen) atoms. The van der Waals surface area contributed by atoms with Gasteiger partial charge in [0.05, 0.1) is 18.1 Å². The smallest absolute Gasteiger partial charge is 0.240 e. The summed E-state index contributed by atoms with van der Waals surface area (Å²) in [4.78, 5) is 0.168. The summed E-state index contributed by atoms with van der Waals surface area (Å²) in [5, 5.41) is 16.9. The van der Waals surface area contributed by atoms with E-state index in [9.17, 15) is 13.5 Å². The zero-order valence-corrected chi connectivity index (χ0v) is 14.3. The molecule has 0 unspecified atom stereocenters. The molecule has 0 radical (unpaired) electrons. The summed E-state index contributed by atoms with van der Waals surface area (Å²) >= 11 is 5.74. The molecule has 0 aromatic heterocycles. The fraction of sp³-hybridized carbons (Fsp3) is 0.571. The van der Waals surface area contributed by atoms with Crippen LogP contribution in [0.3, 0.4) is 0 Å². The Bertz CT molecular complexity index is 587. The molecule has 1 aromatic rings. The van der Waals surface area contributed by atoms with Crippen molar-refractivity contribution in [1.29, 1.82) is 0 Å². The summed E-state index contributed by atoms with van der Waals surface area (Å²) in [5.41, 5.74) is -0.981. The van der Waals surface area contributed by atoms with Gasteiger partial charge in [-0.3, -0.25) is 0 Å². The number of halogens is 1. The first-order valence-corrected chi connectivity index (χ1v) is 9.24. The molecule has 1 heterocycles. The highest BCUT2D eigenvalue weighted by molar-refractivity contribution is 7.89. The standard InChI is InChI=1S/C14H22ClN3O4S/c15-12-1-3-13(4-2-12)23(20,21)18-6-5-16-9-14(19)10-17-7-8-22-11-14/h1-4,16-19H,5-11H2/t14-/m1/s1. The number of nitrogens with one attached hydrogen (secondary N) is 3. The molecule has 4 N–H and O–H groups in total. The summed E-state index contributed by atoms with van der Waals surface area (Å²) in [5.74, 6) is 0. The maximum atomic E-state index is 12.1. The normalized spacial score (nSPS) is 22.7. The van der Waals surface area contributed by atoms with Crippen molar-refractivity contribution in [2.24, 2.45) is 0 Å². The van der Waals surface area contributed by atoms with Gasteiger partial charge in [0.2, 0.25) is 10.0 Å². The van der Waals surface area contributed by atoms with Crippen molar-refractivity contribution in [1.82, 2.24) is 15.4 Å². The van der Waals surface area contributed by atoms with Crippen LogP contribution in [0.2, 0.25) is 5.02 Å². The third-order valence-electron chi connectivity index (χ3n) is 3.42. The topological polar surface area (TPSA) is 99.7 Å². The lowest BCUT2D eigenvalue weighted by Gasteiger charge is -2.26. The Kier molecular flexibility index (Phi) is 6.78. The Morgan fingerprint density at radius 1 is 1.30 bits per heavy atom. The Morgan fingerprint density at radius 3 is 2.78 bits per heavy atom. The van der Waals surface area contributed by atoms with Crippen molar-refractivity contribution in [2.75, 3.05) is 45.9 Å². The van der Waals surface area contributed by atoms with Crippen LogP contribution < -0.4 is 15.4 Å². The van der Waals surface area contributed by atoms with Crippen molar-refractivity contribution < 1.29 is 18.3 Å². The van der Waals surface area contributed by atoms with Crippen LogP contribution in [0.1, 0.15) is 0 Å². The molecule has 0 aliphatic carbocycles. The van der Waals surface area contributed by atoms with E-state index in [4.69, 9.17) is 16.3 Å². The molecule has 1 fully saturated rings. The number of hydrogen-bond donors (Lipinski definition) is 4. The molecular weight excluding hydrogens is 342 g/mol. The Morgan fingerprint density at radius 2 is 2.04 bits per heavy atom. The van der Waals surface area contributed by atoms with Gasteiger partial charge in [0.1, 0.15) is 5.60 Å². The van der Waals surface area contributed by atoms with Crippen LogP contribution in [0.25, 0.3) is 0 Å². The van der Waals surface area contributed by atoms with Gasteiger partial charge in [-0.05, 0) is 24.3 Å². The minimum Gasteiger partial charge on any atom is -0.385 e. The minimum atomic E-state index is -3.55. The van der Waals surface area contributed by atoms with E-state index in [1.165, 1.54) is 24.3 Å². The van der Waals surface area contributed by atoms with Crippen molar-refractivity contribution >= 4 is 21.6 Å². The van der Waals surface area contributed by atoms with E-state index in [-0.39, 0.29) is 18.0 Å². The van der Waals surface area contributed by atoms with Gasteiger partial charge in [-0.2, -0.15) is 0 Å². The fourth-order valence-corrected chi connectivity index (χ4v) is 3.34. The molecule has 2 rings (SSSR count). The van der Waals surface area contributed by atoms with E-state index >= 15 is 0 Å². The van der Waals surface area contributed by atoms with E-state index in [0.717, 1.165) is 0 Å². The zero-order valence-electron chi connectivity index (χ0n) is 12.7. The summed E-state index contributed by atoms with van der Waals surface area (Å²) < 4.78 is 31.9. The molecule has 1 aromatic carbocycles. The molecule has 7 nitrogen and oxygen atoms in total. The van der Waals surface area contributed by atoms with Crippen LogP contribution in [0.15, 0.2) is 29.2 Å². The van der Waals surface area contributed by atoms with Crippen molar-refractivity contribution in [3.05, 3.63) is 29.3 Å². The molecule has 1 aliphatic heterocycles. The number of hydrogen-bond acceptors (Lipinski definition) is 6. The van der Waals surface area contributed by atoms with Gasteiger partial charge >= 0.3 is 0 Å². The van der Waals surface area contributed by atoms with Crippen molar-refractivity contribution in [3.8, 4) is 0 Å². The molecule has 130 valence electrons. The van der Waals surface area contributed by atoms with Crippen LogP contribution in [0, 0.1) is 0 Å². The van der Waals surface area contributed by atoms with Crippen LogP contribution in [0.5, 0.6) is 0 Å². The lowest BCUT2D eigenvalue weighted by Crippen LogP contribution is -2.51. The molecule has 0 bridgehead atoms. The highest BCUT2D eigenvalue weighted by Gasteiger charge is 2.28. The van der Waals surface area contributed by atoms with Gasteiger partial charge in [-0.15, -0.1) is 0 Å². The molecule has 0 amide bonds. The molecule has 9 heteroatoms. The molecule has 1 saturated heterocycles. The van der Waals surface area contributed by atoms with E-state index < -0.39 is 15.6 Å². The Hall–Kier alpha value is -0.740. The first-order chi connectivity index (χ1) is 10.9. The van der Waals surface area contributed by atoms with E-state index in [1.807, 2.05) is 0 Å². The monoisotopic (exact) mass is 363 g/mol. The SMILES string of the molecule is O=S(=O)(NCCNC[C@@]1(O)CNCCOC1)c1ccc(Cl)cc1. The van der Waals surface area contributed by atoms with E-state index in [1.54, 1.807) is 0 Å². The van der Waals surface area contributed by atoms with Crippen LogP contribution >= 0.6 is 11.6 Å². The molecule has 0 spiro atoms. The quantitative estimate of drug-likeness (QED) is 0.490. The summed E-state index contributed by atoms with van der Waals surface area (Å²) in [6.45, 7) is 2.92. The zero-order chi connectivity index (χ0) is 16.8. The number of sulfonamides is 1. The molecular formula is C14H22ClN3O4S.